The van der Waals surface area contributed by atoms with Crippen LogP contribution in [0.5, 0.6) is 0 Å². The van der Waals surface area contributed by atoms with Gasteiger partial charge in [-0.3, -0.25) is 4.79 Å². The molecule has 0 spiro atoms. The number of nitrogens with two attached hydrogens (primary N) is 1. The van der Waals surface area contributed by atoms with E-state index >= 15 is 0 Å². The average molecular weight is 394 g/mol. The third kappa shape index (κ3) is 3.73. The van der Waals surface area contributed by atoms with E-state index in [2.05, 4.69) is 26.2 Å². The molecule has 1 saturated carbocycles. The molecule has 6 nitrogen and oxygen atoms in total. The standard InChI is InChI=1S/C21H20ClN5O/c22-17-13-24-19(11-14-7-10-25-26-12-14)27-18(17)6-5-15-3-1-2-4-16(15)21(8-9-21)20(23)28/h1-4,7,10,12-13H,5-6,8-9,11H2,(H2,23,28). The Morgan fingerprint density at radius 2 is 1.93 bits per heavy atom. The lowest BCUT2D eigenvalue weighted by Gasteiger charge is -2.16. The molecule has 0 aliphatic heterocycles. The number of aryl methyl sites for hydroxylation is 2. The SMILES string of the molecule is NC(=O)C1(c2ccccc2CCc2nc(Cc3ccnnc3)ncc2Cl)CC1. The topological polar surface area (TPSA) is 94.7 Å². The molecule has 28 heavy (non-hydrogen) atoms. The normalized spacial score (nSPS) is 14.6. The van der Waals surface area contributed by atoms with Crippen LogP contribution in [0.15, 0.2) is 48.9 Å². The first-order valence-electron chi connectivity index (χ1n) is 9.23. The van der Waals surface area contributed by atoms with Gasteiger partial charge in [0.1, 0.15) is 5.82 Å². The van der Waals surface area contributed by atoms with Crippen LogP contribution in [0, 0.1) is 0 Å². The molecule has 0 radical (unpaired) electrons. The van der Waals surface area contributed by atoms with Crippen LogP contribution in [-0.2, 0) is 29.5 Å². The number of nitrogens with zero attached hydrogens (tertiary/aromatic N) is 4. The summed E-state index contributed by atoms with van der Waals surface area (Å²) in [4.78, 5) is 20.9. The summed E-state index contributed by atoms with van der Waals surface area (Å²) in [5.41, 5.74) is 9.12. The number of rotatable bonds is 7. The van der Waals surface area contributed by atoms with Gasteiger partial charge in [0, 0.05) is 18.8 Å². The number of amides is 1. The number of carbonyl (C=O) groups excluding carboxylic acids is 1. The lowest BCUT2D eigenvalue weighted by atomic mass is 9.88. The lowest BCUT2D eigenvalue weighted by molar-refractivity contribution is -0.120. The maximum atomic E-state index is 12.0. The monoisotopic (exact) mass is 393 g/mol. The summed E-state index contributed by atoms with van der Waals surface area (Å²) in [6.45, 7) is 0. The summed E-state index contributed by atoms with van der Waals surface area (Å²) in [7, 11) is 0. The average Bonchev–Trinajstić information content (AvgIpc) is 3.51. The maximum Gasteiger partial charge on any atom is 0.228 e. The first-order valence-corrected chi connectivity index (χ1v) is 9.60. The van der Waals surface area contributed by atoms with Crippen LogP contribution in [-0.4, -0.2) is 26.1 Å². The van der Waals surface area contributed by atoms with Crippen molar-refractivity contribution < 1.29 is 4.79 Å². The third-order valence-corrected chi connectivity index (χ3v) is 5.58. The molecular formula is C21H20ClN5O. The van der Waals surface area contributed by atoms with Gasteiger partial charge in [0.2, 0.25) is 5.91 Å². The summed E-state index contributed by atoms with van der Waals surface area (Å²) in [6, 6.07) is 9.90. The van der Waals surface area contributed by atoms with Gasteiger partial charge in [-0.25, -0.2) is 9.97 Å². The van der Waals surface area contributed by atoms with Crippen LogP contribution < -0.4 is 5.73 Å². The Hall–Kier alpha value is -2.86. The molecule has 2 aromatic heterocycles. The second-order valence-electron chi connectivity index (χ2n) is 7.11. The molecule has 1 aromatic carbocycles. The fourth-order valence-electron chi connectivity index (χ4n) is 3.54. The van der Waals surface area contributed by atoms with Gasteiger partial charge >= 0.3 is 0 Å². The van der Waals surface area contributed by atoms with Crippen molar-refractivity contribution in [2.75, 3.05) is 0 Å². The molecule has 142 valence electrons. The van der Waals surface area contributed by atoms with Gasteiger partial charge in [-0.2, -0.15) is 10.2 Å². The van der Waals surface area contributed by atoms with Gasteiger partial charge < -0.3 is 5.73 Å². The van der Waals surface area contributed by atoms with Crippen LogP contribution in [0.3, 0.4) is 0 Å². The minimum Gasteiger partial charge on any atom is -0.369 e. The van der Waals surface area contributed by atoms with Gasteiger partial charge in [-0.1, -0.05) is 35.9 Å². The molecule has 7 heteroatoms. The first kappa shape index (κ1) is 18.5. The molecule has 0 unspecified atom stereocenters. The van der Waals surface area contributed by atoms with Gasteiger partial charge in [0.25, 0.3) is 0 Å². The highest BCUT2D eigenvalue weighted by molar-refractivity contribution is 6.31. The molecule has 4 rings (SSSR count). The molecule has 1 aliphatic rings. The highest BCUT2D eigenvalue weighted by Gasteiger charge is 2.50. The van der Waals surface area contributed by atoms with Crippen molar-refractivity contribution in [1.82, 2.24) is 20.2 Å². The van der Waals surface area contributed by atoms with Gasteiger partial charge in [-0.05, 0) is 48.4 Å². The molecular weight excluding hydrogens is 374 g/mol. The number of halogens is 1. The van der Waals surface area contributed by atoms with E-state index in [-0.39, 0.29) is 5.91 Å². The van der Waals surface area contributed by atoms with E-state index in [9.17, 15) is 4.79 Å². The molecule has 0 saturated heterocycles. The molecule has 0 atom stereocenters. The van der Waals surface area contributed by atoms with E-state index in [4.69, 9.17) is 17.3 Å². The minimum atomic E-state index is -0.494. The van der Waals surface area contributed by atoms with Gasteiger partial charge in [-0.15, -0.1) is 0 Å². The number of hydrogen-bond acceptors (Lipinski definition) is 5. The summed E-state index contributed by atoms with van der Waals surface area (Å²) < 4.78 is 0. The smallest absolute Gasteiger partial charge is 0.228 e. The van der Waals surface area contributed by atoms with Crippen molar-refractivity contribution in [3.8, 4) is 0 Å². The second-order valence-corrected chi connectivity index (χ2v) is 7.52. The maximum absolute atomic E-state index is 12.0. The van der Waals surface area contributed by atoms with E-state index in [0.717, 1.165) is 41.6 Å². The minimum absolute atomic E-state index is 0.242. The summed E-state index contributed by atoms with van der Waals surface area (Å²) in [6.07, 6.45) is 8.59. The Morgan fingerprint density at radius 1 is 1.11 bits per heavy atom. The van der Waals surface area contributed by atoms with Gasteiger partial charge in [0.05, 0.1) is 22.3 Å². The zero-order valence-corrected chi connectivity index (χ0v) is 16.1. The Kier molecular flexibility index (Phi) is 5.05. The van der Waals surface area contributed by atoms with Crippen LogP contribution in [0.2, 0.25) is 5.02 Å². The van der Waals surface area contributed by atoms with Crippen molar-refractivity contribution in [3.63, 3.8) is 0 Å². The van der Waals surface area contributed by atoms with Crippen molar-refractivity contribution in [1.29, 1.82) is 0 Å². The molecule has 1 aliphatic carbocycles. The van der Waals surface area contributed by atoms with Crippen LogP contribution in [0.1, 0.15) is 41.1 Å². The quantitative estimate of drug-likeness (QED) is 0.666. The Balaban J connectivity index is 1.53. The number of carbonyl (C=O) groups is 1. The Morgan fingerprint density at radius 3 is 2.64 bits per heavy atom. The lowest BCUT2D eigenvalue weighted by Crippen LogP contribution is -2.29. The highest BCUT2D eigenvalue weighted by atomic mass is 35.5. The number of benzene rings is 1. The van der Waals surface area contributed by atoms with E-state index in [0.29, 0.717) is 23.7 Å². The molecule has 2 N–H and O–H groups in total. The van der Waals surface area contributed by atoms with Gasteiger partial charge in [0.15, 0.2) is 0 Å². The van der Waals surface area contributed by atoms with E-state index in [1.54, 1.807) is 18.6 Å². The predicted octanol–water partition coefficient (Wildman–Crippen LogP) is 2.81. The zero-order chi connectivity index (χ0) is 19.6. The summed E-state index contributed by atoms with van der Waals surface area (Å²) in [5, 5.41) is 8.21. The van der Waals surface area contributed by atoms with Crippen molar-refractivity contribution >= 4 is 17.5 Å². The fraction of sp³-hybridized carbons (Fsp3) is 0.286. The van der Waals surface area contributed by atoms with Crippen LogP contribution in [0.4, 0.5) is 0 Å². The summed E-state index contributed by atoms with van der Waals surface area (Å²) in [5.74, 6) is 0.449. The summed E-state index contributed by atoms with van der Waals surface area (Å²) >= 11 is 6.34. The largest absolute Gasteiger partial charge is 0.369 e. The van der Waals surface area contributed by atoms with Crippen LogP contribution in [0.25, 0.3) is 0 Å². The molecule has 0 bridgehead atoms. The molecule has 2 heterocycles. The second kappa shape index (κ2) is 7.64. The predicted molar refractivity (Wildman–Crippen MR) is 106 cm³/mol. The van der Waals surface area contributed by atoms with E-state index in [1.807, 2.05) is 24.3 Å². The van der Waals surface area contributed by atoms with Crippen LogP contribution >= 0.6 is 11.6 Å². The fourth-order valence-corrected chi connectivity index (χ4v) is 3.73. The van der Waals surface area contributed by atoms with E-state index in [1.165, 1.54) is 0 Å². The number of hydrogen-bond donors (Lipinski definition) is 1. The highest BCUT2D eigenvalue weighted by Crippen LogP contribution is 2.49. The Labute approximate surface area is 168 Å². The van der Waals surface area contributed by atoms with E-state index < -0.39 is 5.41 Å². The van der Waals surface area contributed by atoms with Crippen molar-refractivity contribution in [2.45, 2.75) is 37.5 Å². The molecule has 1 fully saturated rings. The molecule has 3 aromatic rings. The number of aromatic nitrogens is 4. The zero-order valence-electron chi connectivity index (χ0n) is 15.3. The molecule has 1 amide bonds. The first-order chi connectivity index (χ1) is 13.6. The Bertz CT molecular complexity index is 1000. The van der Waals surface area contributed by atoms with Crippen molar-refractivity contribution in [3.05, 3.63) is 82.2 Å². The number of primary amides is 1. The van der Waals surface area contributed by atoms with Crippen molar-refractivity contribution in [2.24, 2.45) is 5.73 Å². The third-order valence-electron chi connectivity index (χ3n) is 5.26.